The lowest BCUT2D eigenvalue weighted by molar-refractivity contribution is -0.343. The van der Waals surface area contributed by atoms with Gasteiger partial charge >= 0.3 is 23.9 Å². The molecule has 222 valence electrons. The van der Waals surface area contributed by atoms with Gasteiger partial charge < -0.3 is 37.6 Å². The number of hydrogen-bond acceptors (Lipinski definition) is 12. The minimum atomic E-state index is -1.87. The highest BCUT2D eigenvalue weighted by Crippen LogP contribution is 2.69. The summed E-state index contributed by atoms with van der Waals surface area (Å²) in [5, 5.41) is 12.3. The molecule has 1 spiro atoms. The maximum Gasteiger partial charge on any atom is 0.374 e. The maximum atomic E-state index is 13.2. The number of hydrogen-bond donors (Lipinski definition) is 1. The number of furan rings is 2. The van der Waals surface area contributed by atoms with Crippen molar-refractivity contribution in [2.45, 2.75) is 95.6 Å². The first-order chi connectivity index (χ1) is 19.1. The van der Waals surface area contributed by atoms with Crippen LogP contribution in [-0.4, -0.2) is 70.2 Å². The average Bonchev–Trinajstić information content (AvgIpc) is 3.61. The molecule has 3 fully saturated rings. The minimum absolute atomic E-state index is 0.0651. The summed E-state index contributed by atoms with van der Waals surface area (Å²) in [6.07, 6.45) is -2.22. The SMILES string of the molecule is CC(=O)O[C@@H]1[C@H]2C[C@H](OC(=O)c3ccco3)[C@]3(C)[C@@H](OC(C)=O)[C@@H](OC(=O)c4ccco4)C[C@@](C)(O)[C@@]13OC2(C)C. The zero-order valence-electron chi connectivity index (χ0n) is 23.7. The van der Waals surface area contributed by atoms with Crippen LogP contribution in [0.15, 0.2) is 45.6 Å². The Labute approximate surface area is 236 Å². The number of ether oxygens (including phenoxy) is 5. The highest BCUT2D eigenvalue weighted by atomic mass is 16.6. The van der Waals surface area contributed by atoms with Crippen LogP contribution in [0.25, 0.3) is 0 Å². The summed E-state index contributed by atoms with van der Waals surface area (Å²) in [5.74, 6) is -3.68. The van der Waals surface area contributed by atoms with Gasteiger partial charge in [0.15, 0.2) is 6.10 Å². The van der Waals surface area contributed by atoms with Crippen molar-refractivity contribution in [3.05, 3.63) is 48.3 Å². The summed E-state index contributed by atoms with van der Waals surface area (Å²) >= 11 is 0. The van der Waals surface area contributed by atoms with E-state index in [-0.39, 0.29) is 24.4 Å². The van der Waals surface area contributed by atoms with E-state index in [1.807, 2.05) is 0 Å². The fourth-order valence-corrected chi connectivity index (χ4v) is 7.33. The summed E-state index contributed by atoms with van der Waals surface area (Å²) < 4.78 is 40.8. The van der Waals surface area contributed by atoms with Crippen molar-refractivity contribution in [2.24, 2.45) is 11.3 Å². The van der Waals surface area contributed by atoms with Crippen molar-refractivity contribution < 1.29 is 56.8 Å². The second-order valence-corrected chi connectivity index (χ2v) is 11.9. The summed E-state index contributed by atoms with van der Waals surface area (Å²) in [6.45, 7) is 9.12. The second-order valence-electron chi connectivity index (χ2n) is 11.9. The van der Waals surface area contributed by atoms with E-state index in [1.165, 1.54) is 57.6 Å². The number of aliphatic hydroxyl groups is 1. The Morgan fingerprint density at radius 3 is 1.88 bits per heavy atom. The monoisotopic (exact) mass is 574 g/mol. The Morgan fingerprint density at radius 2 is 1.37 bits per heavy atom. The van der Waals surface area contributed by atoms with Gasteiger partial charge in [0.25, 0.3) is 0 Å². The molecule has 2 saturated carbocycles. The van der Waals surface area contributed by atoms with Gasteiger partial charge in [0.2, 0.25) is 11.5 Å². The van der Waals surface area contributed by atoms with E-state index in [0.717, 1.165) is 0 Å². The molecule has 8 atom stereocenters. The smallest absolute Gasteiger partial charge is 0.374 e. The van der Waals surface area contributed by atoms with Gasteiger partial charge in [-0.15, -0.1) is 0 Å². The Kier molecular flexibility index (Phi) is 6.85. The van der Waals surface area contributed by atoms with Gasteiger partial charge in [0.05, 0.1) is 29.1 Å². The predicted octanol–water partition coefficient (Wildman–Crippen LogP) is 3.22. The van der Waals surface area contributed by atoms with E-state index in [2.05, 4.69) is 0 Å². The summed E-state index contributed by atoms with van der Waals surface area (Å²) in [7, 11) is 0. The van der Waals surface area contributed by atoms with Crippen molar-refractivity contribution >= 4 is 23.9 Å². The van der Waals surface area contributed by atoms with Gasteiger partial charge in [-0.25, -0.2) is 9.59 Å². The van der Waals surface area contributed by atoms with Crippen molar-refractivity contribution in [2.75, 3.05) is 0 Å². The molecule has 12 heteroatoms. The van der Waals surface area contributed by atoms with Crippen LogP contribution in [-0.2, 0) is 33.3 Å². The molecule has 1 aliphatic heterocycles. The Balaban J connectivity index is 1.69. The molecular weight excluding hydrogens is 540 g/mol. The van der Waals surface area contributed by atoms with E-state index < -0.39 is 76.4 Å². The molecule has 3 aliphatic rings. The zero-order valence-corrected chi connectivity index (χ0v) is 23.7. The fraction of sp³-hybridized carbons (Fsp3) is 0.586. The largest absolute Gasteiger partial charge is 0.459 e. The van der Waals surface area contributed by atoms with Gasteiger partial charge in [-0.2, -0.15) is 0 Å². The molecule has 12 nitrogen and oxygen atoms in total. The molecule has 2 aliphatic carbocycles. The van der Waals surface area contributed by atoms with Crippen LogP contribution < -0.4 is 0 Å². The molecular formula is C29H34O12. The standard InChI is InChI=1S/C29H34O12/c1-15(30)37-22-17-13-21(40-25(33)19-10-8-12-36-19)28(6)23(38-16(2)31)20(39-24(32)18-9-7-11-35-18)14-27(5,34)29(22,28)41-26(17,3)4/h7-12,17,20-23,34H,13-14H2,1-6H3/t17-,20+,21+,22-,23+,27-,28-,29+/m1/s1. The van der Waals surface area contributed by atoms with Gasteiger partial charge in [-0.05, 0) is 58.4 Å². The van der Waals surface area contributed by atoms with Crippen LogP contribution in [0, 0.1) is 11.3 Å². The van der Waals surface area contributed by atoms with Gasteiger partial charge in [0, 0.05) is 26.2 Å². The molecule has 1 saturated heterocycles. The fourth-order valence-electron chi connectivity index (χ4n) is 7.33. The molecule has 2 aromatic rings. The van der Waals surface area contributed by atoms with Crippen LogP contribution in [0.4, 0.5) is 0 Å². The Hall–Kier alpha value is -3.64. The third-order valence-electron chi connectivity index (χ3n) is 8.89. The molecule has 41 heavy (non-hydrogen) atoms. The van der Waals surface area contributed by atoms with E-state index in [1.54, 1.807) is 20.8 Å². The van der Waals surface area contributed by atoms with Crippen LogP contribution >= 0.6 is 0 Å². The first-order valence-corrected chi connectivity index (χ1v) is 13.4. The van der Waals surface area contributed by atoms with Gasteiger partial charge in [-0.3, -0.25) is 9.59 Å². The molecule has 5 rings (SSSR count). The lowest BCUT2D eigenvalue weighted by atomic mass is 9.47. The lowest BCUT2D eigenvalue weighted by Gasteiger charge is -2.65. The molecule has 3 heterocycles. The van der Waals surface area contributed by atoms with E-state index >= 15 is 0 Å². The van der Waals surface area contributed by atoms with Crippen molar-refractivity contribution in [3.63, 3.8) is 0 Å². The topological polar surface area (TPSA) is 161 Å². The zero-order chi connectivity index (χ0) is 30.0. The molecule has 2 aromatic heterocycles. The Bertz CT molecular complexity index is 1330. The number of fused-ring (bicyclic) bond motifs is 1. The second kappa shape index (κ2) is 9.73. The molecule has 2 bridgehead atoms. The van der Waals surface area contributed by atoms with E-state index in [9.17, 15) is 24.3 Å². The van der Waals surface area contributed by atoms with Crippen molar-refractivity contribution in [1.82, 2.24) is 0 Å². The molecule has 0 aromatic carbocycles. The van der Waals surface area contributed by atoms with Crippen LogP contribution in [0.1, 0.15) is 75.5 Å². The Morgan fingerprint density at radius 1 is 0.829 bits per heavy atom. The predicted molar refractivity (Wildman–Crippen MR) is 136 cm³/mol. The third-order valence-corrected chi connectivity index (χ3v) is 8.89. The van der Waals surface area contributed by atoms with E-state index in [0.29, 0.717) is 0 Å². The number of carbonyl (C=O) groups excluding carboxylic acids is 4. The summed E-state index contributed by atoms with van der Waals surface area (Å²) in [4.78, 5) is 51.3. The third kappa shape index (κ3) is 4.35. The van der Waals surface area contributed by atoms with Crippen molar-refractivity contribution in [1.29, 1.82) is 0 Å². The highest BCUT2D eigenvalue weighted by molar-refractivity contribution is 5.87. The highest BCUT2D eigenvalue weighted by Gasteiger charge is 2.84. The van der Waals surface area contributed by atoms with Crippen LogP contribution in [0.2, 0.25) is 0 Å². The van der Waals surface area contributed by atoms with Crippen LogP contribution in [0.3, 0.4) is 0 Å². The molecule has 1 N–H and O–H groups in total. The lowest BCUT2D eigenvalue weighted by Crippen LogP contribution is -2.81. The molecule has 0 amide bonds. The minimum Gasteiger partial charge on any atom is -0.459 e. The number of rotatable bonds is 6. The summed E-state index contributed by atoms with van der Waals surface area (Å²) in [5.41, 5.74) is -6.26. The first kappa shape index (κ1) is 28.9. The quantitative estimate of drug-likeness (QED) is 0.397. The van der Waals surface area contributed by atoms with E-state index in [4.69, 9.17) is 32.5 Å². The van der Waals surface area contributed by atoms with Crippen molar-refractivity contribution in [3.8, 4) is 0 Å². The maximum absolute atomic E-state index is 13.2. The molecule has 0 radical (unpaired) electrons. The summed E-state index contributed by atoms with van der Waals surface area (Å²) in [6, 6.07) is 5.89. The first-order valence-electron chi connectivity index (χ1n) is 13.4. The normalized spacial score (nSPS) is 37.0. The van der Waals surface area contributed by atoms with Crippen LogP contribution in [0.5, 0.6) is 0 Å². The number of esters is 4. The average molecular weight is 575 g/mol. The molecule has 0 unspecified atom stereocenters. The number of carbonyl (C=O) groups is 4. The van der Waals surface area contributed by atoms with Gasteiger partial charge in [0.1, 0.15) is 23.9 Å². The van der Waals surface area contributed by atoms with Gasteiger partial charge in [-0.1, -0.05) is 0 Å².